The number of aliphatic carboxylic acids is 1. The highest BCUT2D eigenvalue weighted by molar-refractivity contribution is 5.67. The Morgan fingerprint density at radius 1 is 1.58 bits per heavy atom. The Hall–Kier alpha value is -0.610. The van der Waals surface area contributed by atoms with Gasteiger partial charge < -0.3 is 15.1 Å². The molecule has 0 aromatic carbocycles. The number of aliphatic hydroxyl groups is 1. The smallest absolute Gasteiger partial charge is 0.303 e. The Morgan fingerprint density at radius 3 is 2.92 bits per heavy atom. The molecule has 0 aromatic rings. The molecular formula is C8H15NO3. The Labute approximate surface area is 71.8 Å². The number of hydrogen-bond acceptors (Lipinski definition) is 3. The number of likely N-dealkylation sites (tertiary alicyclic amines) is 1. The van der Waals surface area contributed by atoms with Crippen molar-refractivity contribution in [3.8, 4) is 0 Å². The molecule has 1 aliphatic heterocycles. The van der Waals surface area contributed by atoms with E-state index in [-0.39, 0.29) is 18.9 Å². The van der Waals surface area contributed by atoms with Crippen molar-refractivity contribution in [3.63, 3.8) is 0 Å². The fourth-order valence-electron chi connectivity index (χ4n) is 1.67. The third-order valence-corrected chi connectivity index (χ3v) is 2.25. The van der Waals surface area contributed by atoms with Gasteiger partial charge in [-0.1, -0.05) is 0 Å². The van der Waals surface area contributed by atoms with Gasteiger partial charge in [0, 0.05) is 19.5 Å². The zero-order valence-corrected chi connectivity index (χ0v) is 7.07. The zero-order chi connectivity index (χ0) is 8.97. The summed E-state index contributed by atoms with van der Waals surface area (Å²) in [5.41, 5.74) is 0. The molecule has 1 aliphatic rings. The van der Waals surface area contributed by atoms with Crippen molar-refractivity contribution in [1.82, 2.24) is 4.90 Å². The first-order chi connectivity index (χ1) is 5.72. The van der Waals surface area contributed by atoms with Crippen LogP contribution in [-0.4, -0.2) is 47.3 Å². The lowest BCUT2D eigenvalue weighted by atomic mass is 10.1. The predicted octanol–water partition coefficient (Wildman–Crippen LogP) is -0.225. The first kappa shape index (κ1) is 9.48. The maximum atomic E-state index is 10.4. The summed E-state index contributed by atoms with van der Waals surface area (Å²) in [5, 5.41) is 17.2. The molecule has 0 aromatic heterocycles. The second-order valence-electron chi connectivity index (χ2n) is 3.28. The summed E-state index contributed by atoms with van der Waals surface area (Å²) in [6.45, 7) is 2.60. The highest BCUT2D eigenvalue weighted by Crippen LogP contribution is 2.18. The van der Waals surface area contributed by atoms with Crippen LogP contribution < -0.4 is 0 Å². The summed E-state index contributed by atoms with van der Waals surface area (Å²) in [4.78, 5) is 12.5. The molecule has 1 heterocycles. The number of rotatable bonds is 4. The number of hydrogen-bond donors (Lipinski definition) is 2. The van der Waals surface area contributed by atoms with Crippen molar-refractivity contribution in [2.24, 2.45) is 5.92 Å². The van der Waals surface area contributed by atoms with Crippen molar-refractivity contribution in [2.75, 3.05) is 26.2 Å². The van der Waals surface area contributed by atoms with E-state index in [4.69, 9.17) is 10.2 Å². The minimum absolute atomic E-state index is 0.166. The van der Waals surface area contributed by atoms with Crippen molar-refractivity contribution >= 4 is 5.97 Å². The normalized spacial score (nSPS) is 24.6. The van der Waals surface area contributed by atoms with Gasteiger partial charge in [0.15, 0.2) is 0 Å². The molecule has 1 saturated heterocycles. The third kappa shape index (κ3) is 2.79. The zero-order valence-electron chi connectivity index (χ0n) is 7.07. The topological polar surface area (TPSA) is 60.8 Å². The Morgan fingerprint density at radius 2 is 2.33 bits per heavy atom. The van der Waals surface area contributed by atoms with Crippen LogP contribution in [0.15, 0.2) is 0 Å². The van der Waals surface area contributed by atoms with Gasteiger partial charge in [-0.05, 0) is 18.9 Å². The number of carbonyl (C=O) groups is 1. The molecule has 12 heavy (non-hydrogen) atoms. The number of carboxylic acid groups (broad SMARTS) is 1. The number of carboxylic acids is 1. The number of aliphatic hydroxyl groups excluding tert-OH is 1. The van der Waals surface area contributed by atoms with Gasteiger partial charge in [0.1, 0.15) is 0 Å². The molecule has 1 rings (SSSR count). The van der Waals surface area contributed by atoms with Crippen LogP contribution in [-0.2, 0) is 4.79 Å². The molecule has 1 atom stereocenters. The van der Waals surface area contributed by atoms with Crippen LogP contribution in [0.3, 0.4) is 0 Å². The van der Waals surface area contributed by atoms with Crippen LogP contribution in [0.4, 0.5) is 0 Å². The largest absolute Gasteiger partial charge is 0.481 e. The van der Waals surface area contributed by atoms with Gasteiger partial charge in [-0.3, -0.25) is 4.79 Å². The van der Waals surface area contributed by atoms with E-state index in [2.05, 4.69) is 4.90 Å². The molecule has 1 unspecified atom stereocenters. The molecule has 2 N–H and O–H groups in total. The fourth-order valence-corrected chi connectivity index (χ4v) is 1.67. The maximum absolute atomic E-state index is 10.4. The molecular weight excluding hydrogens is 158 g/mol. The molecule has 0 radical (unpaired) electrons. The predicted molar refractivity (Wildman–Crippen MR) is 43.9 cm³/mol. The molecule has 4 nitrogen and oxygen atoms in total. The van der Waals surface area contributed by atoms with Crippen LogP contribution in [0.1, 0.15) is 12.8 Å². The summed E-state index contributed by atoms with van der Waals surface area (Å²) in [7, 11) is 0. The van der Waals surface area contributed by atoms with E-state index in [1.165, 1.54) is 0 Å². The summed E-state index contributed by atoms with van der Waals surface area (Å²) >= 11 is 0. The molecule has 0 bridgehead atoms. The molecule has 4 heteroatoms. The van der Waals surface area contributed by atoms with E-state index >= 15 is 0 Å². The minimum Gasteiger partial charge on any atom is -0.481 e. The van der Waals surface area contributed by atoms with E-state index < -0.39 is 5.97 Å². The molecule has 0 aliphatic carbocycles. The summed E-state index contributed by atoms with van der Waals surface area (Å²) in [6, 6.07) is 0. The Bertz CT molecular complexity index is 160. The van der Waals surface area contributed by atoms with Gasteiger partial charge >= 0.3 is 5.97 Å². The maximum Gasteiger partial charge on any atom is 0.303 e. The lowest BCUT2D eigenvalue weighted by molar-refractivity contribution is -0.138. The van der Waals surface area contributed by atoms with Gasteiger partial charge in [0.25, 0.3) is 0 Å². The molecule has 0 amide bonds. The second-order valence-corrected chi connectivity index (χ2v) is 3.28. The monoisotopic (exact) mass is 173 g/mol. The third-order valence-electron chi connectivity index (χ3n) is 2.25. The van der Waals surface area contributed by atoms with E-state index in [1.54, 1.807) is 0 Å². The SMILES string of the molecule is O=C(O)CC1CCN(CCO)C1. The van der Waals surface area contributed by atoms with E-state index in [0.29, 0.717) is 6.54 Å². The quantitative estimate of drug-likeness (QED) is 0.616. The van der Waals surface area contributed by atoms with Gasteiger partial charge in [-0.2, -0.15) is 0 Å². The van der Waals surface area contributed by atoms with E-state index in [9.17, 15) is 4.79 Å². The van der Waals surface area contributed by atoms with Crippen molar-refractivity contribution < 1.29 is 15.0 Å². The highest BCUT2D eigenvalue weighted by Gasteiger charge is 2.23. The first-order valence-corrected chi connectivity index (χ1v) is 4.27. The lowest BCUT2D eigenvalue weighted by Gasteiger charge is -2.12. The standard InChI is InChI=1S/C8H15NO3/c10-4-3-9-2-1-7(6-9)5-8(11)12/h7,10H,1-6H2,(H,11,12). The van der Waals surface area contributed by atoms with Crippen LogP contribution in [0.2, 0.25) is 0 Å². The Kier molecular flexibility index (Phi) is 3.49. The molecule has 0 saturated carbocycles. The first-order valence-electron chi connectivity index (χ1n) is 4.27. The summed E-state index contributed by atoms with van der Waals surface area (Å²) in [6.07, 6.45) is 1.22. The number of nitrogens with zero attached hydrogens (tertiary/aromatic N) is 1. The lowest BCUT2D eigenvalue weighted by Crippen LogP contribution is -2.24. The van der Waals surface area contributed by atoms with E-state index in [0.717, 1.165) is 19.5 Å². The van der Waals surface area contributed by atoms with Gasteiger partial charge in [-0.15, -0.1) is 0 Å². The molecule has 1 fully saturated rings. The van der Waals surface area contributed by atoms with Gasteiger partial charge in [0.05, 0.1) is 6.61 Å². The molecule has 70 valence electrons. The summed E-state index contributed by atoms with van der Waals surface area (Å²) < 4.78 is 0. The van der Waals surface area contributed by atoms with Crippen LogP contribution in [0, 0.1) is 5.92 Å². The Balaban J connectivity index is 2.21. The summed E-state index contributed by atoms with van der Waals surface area (Å²) in [5.74, 6) is -0.431. The van der Waals surface area contributed by atoms with Crippen LogP contribution >= 0.6 is 0 Å². The average molecular weight is 173 g/mol. The number of β-amino-alcohol motifs (C(OH)–C–C–N with tert-alkyl or cyclic N) is 1. The van der Waals surface area contributed by atoms with E-state index in [1.807, 2.05) is 0 Å². The van der Waals surface area contributed by atoms with Gasteiger partial charge in [0.2, 0.25) is 0 Å². The average Bonchev–Trinajstić information content (AvgIpc) is 2.36. The van der Waals surface area contributed by atoms with Crippen LogP contribution in [0.5, 0.6) is 0 Å². The fraction of sp³-hybridized carbons (Fsp3) is 0.875. The minimum atomic E-state index is -0.717. The van der Waals surface area contributed by atoms with Crippen molar-refractivity contribution in [2.45, 2.75) is 12.8 Å². The van der Waals surface area contributed by atoms with Gasteiger partial charge in [-0.25, -0.2) is 0 Å². The second kappa shape index (κ2) is 4.42. The van der Waals surface area contributed by atoms with Crippen molar-refractivity contribution in [1.29, 1.82) is 0 Å². The molecule has 0 spiro atoms. The van der Waals surface area contributed by atoms with Crippen molar-refractivity contribution in [3.05, 3.63) is 0 Å². The highest BCUT2D eigenvalue weighted by atomic mass is 16.4. The van der Waals surface area contributed by atoms with Crippen LogP contribution in [0.25, 0.3) is 0 Å².